The molecule has 1 aromatic rings. The minimum absolute atomic E-state index is 0.607. The van der Waals surface area contributed by atoms with Crippen LogP contribution in [0.3, 0.4) is 0 Å². The van der Waals surface area contributed by atoms with Gasteiger partial charge in [0.05, 0.1) is 0 Å². The highest BCUT2D eigenvalue weighted by Crippen LogP contribution is 2.20. The van der Waals surface area contributed by atoms with Crippen LogP contribution in [-0.4, -0.2) is 6.54 Å². The summed E-state index contributed by atoms with van der Waals surface area (Å²) in [7, 11) is 0. The normalized spacial score (nSPS) is 11.0. The first-order valence-corrected chi connectivity index (χ1v) is 4.61. The highest BCUT2D eigenvalue weighted by Gasteiger charge is 1.90. The third-order valence-electron chi connectivity index (χ3n) is 1.01. The Kier molecular flexibility index (Phi) is 3.12. The second-order valence-corrected chi connectivity index (χ2v) is 3.66. The van der Waals surface area contributed by atoms with Gasteiger partial charge in [-0.05, 0) is 28.1 Å². The van der Waals surface area contributed by atoms with Crippen LogP contribution in [0, 0.1) is 0 Å². The highest BCUT2D eigenvalue weighted by atomic mass is 79.9. The molecule has 10 heavy (non-hydrogen) atoms. The molecular formula is C7H8BrNS. The van der Waals surface area contributed by atoms with Crippen LogP contribution in [0.5, 0.6) is 0 Å². The Bertz CT molecular complexity index is 229. The summed E-state index contributed by atoms with van der Waals surface area (Å²) in [5.74, 6) is 0. The molecule has 0 aromatic carbocycles. The molecule has 0 unspecified atom stereocenters. The summed E-state index contributed by atoms with van der Waals surface area (Å²) in [4.78, 5) is 1.23. The average molecular weight is 218 g/mol. The molecule has 54 valence electrons. The molecule has 1 rings (SSSR count). The monoisotopic (exact) mass is 217 g/mol. The summed E-state index contributed by atoms with van der Waals surface area (Å²) in [6.07, 6.45) is 3.97. The van der Waals surface area contributed by atoms with Crippen LogP contribution in [0.4, 0.5) is 0 Å². The van der Waals surface area contributed by atoms with Crippen molar-refractivity contribution in [2.75, 3.05) is 6.54 Å². The van der Waals surface area contributed by atoms with Crippen LogP contribution in [0.1, 0.15) is 4.88 Å². The smallest absolute Gasteiger partial charge is 0.0288 e. The summed E-state index contributed by atoms with van der Waals surface area (Å²) in [6.45, 7) is 0.607. The zero-order valence-electron chi connectivity index (χ0n) is 5.38. The molecule has 0 saturated heterocycles. The maximum absolute atomic E-state index is 5.29. The summed E-state index contributed by atoms with van der Waals surface area (Å²) >= 11 is 5.07. The number of halogens is 1. The zero-order chi connectivity index (χ0) is 7.40. The van der Waals surface area contributed by atoms with Gasteiger partial charge in [0.2, 0.25) is 0 Å². The van der Waals surface area contributed by atoms with Gasteiger partial charge in [-0.3, -0.25) is 0 Å². The molecule has 0 spiro atoms. The van der Waals surface area contributed by atoms with E-state index in [1.54, 1.807) is 11.3 Å². The van der Waals surface area contributed by atoms with E-state index in [-0.39, 0.29) is 0 Å². The van der Waals surface area contributed by atoms with Gasteiger partial charge in [0.25, 0.3) is 0 Å². The van der Waals surface area contributed by atoms with E-state index in [0.29, 0.717) is 6.54 Å². The fourth-order valence-corrected chi connectivity index (χ4v) is 1.96. The van der Waals surface area contributed by atoms with Crippen LogP contribution >= 0.6 is 27.3 Å². The van der Waals surface area contributed by atoms with Crippen molar-refractivity contribution in [1.29, 1.82) is 0 Å². The summed E-state index contributed by atoms with van der Waals surface area (Å²) in [6, 6.07) is 2.07. The Morgan fingerprint density at radius 2 is 2.50 bits per heavy atom. The SMILES string of the molecule is NCC=Cc1cc(Br)cs1. The maximum atomic E-state index is 5.29. The first kappa shape index (κ1) is 7.98. The van der Waals surface area contributed by atoms with E-state index < -0.39 is 0 Å². The van der Waals surface area contributed by atoms with Crippen molar-refractivity contribution in [2.45, 2.75) is 0 Å². The molecule has 1 aromatic heterocycles. The van der Waals surface area contributed by atoms with Gasteiger partial charge in [-0.1, -0.05) is 6.08 Å². The largest absolute Gasteiger partial charge is 0.327 e. The van der Waals surface area contributed by atoms with Gasteiger partial charge >= 0.3 is 0 Å². The van der Waals surface area contributed by atoms with E-state index in [1.807, 2.05) is 12.2 Å². The summed E-state index contributed by atoms with van der Waals surface area (Å²) in [5, 5.41) is 2.05. The number of hydrogen-bond donors (Lipinski definition) is 1. The fraction of sp³-hybridized carbons (Fsp3) is 0.143. The topological polar surface area (TPSA) is 26.0 Å². The lowest BCUT2D eigenvalue weighted by Gasteiger charge is -1.79. The Morgan fingerprint density at radius 1 is 1.70 bits per heavy atom. The second-order valence-electron chi connectivity index (χ2n) is 1.81. The predicted octanol–water partition coefficient (Wildman–Crippen LogP) is 2.48. The lowest BCUT2D eigenvalue weighted by atomic mass is 10.4. The second kappa shape index (κ2) is 3.91. The van der Waals surface area contributed by atoms with Crippen molar-refractivity contribution in [3.8, 4) is 0 Å². The molecule has 0 aliphatic rings. The molecule has 1 nitrogen and oxygen atoms in total. The third-order valence-corrected chi connectivity index (χ3v) is 2.66. The number of thiophene rings is 1. The van der Waals surface area contributed by atoms with E-state index in [9.17, 15) is 0 Å². The van der Waals surface area contributed by atoms with Crippen LogP contribution in [-0.2, 0) is 0 Å². The zero-order valence-corrected chi connectivity index (χ0v) is 7.78. The van der Waals surface area contributed by atoms with Crippen LogP contribution in [0.2, 0.25) is 0 Å². The van der Waals surface area contributed by atoms with Gasteiger partial charge in [0.15, 0.2) is 0 Å². The highest BCUT2D eigenvalue weighted by molar-refractivity contribution is 9.10. The van der Waals surface area contributed by atoms with E-state index in [2.05, 4.69) is 27.4 Å². The average Bonchev–Trinajstić information content (AvgIpc) is 2.31. The number of hydrogen-bond acceptors (Lipinski definition) is 2. The van der Waals surface area contributed by atoms with Gasteiger partial charge in [-0.25, -0.2) is 0 Å². The summed E-state index contributed by atoms with van der Waals surface area (Å²) in [5.41, 5.74) is 5.29. The van der Waals surface area contributed by atoms with Gasteiger partial charge < -0.3 is 5.73 Å². The lowest BCUT2D eigenvalue weighted by molar-refractivity contribution is 1.26. The van der Waals surface area contributed by atoms with Crippen LogP contribution in [0.25, 0.3) is 6.08 Å². The van der Waals surface area contributed by atoms with Crippen molar-refractivity contribution >= 4 is 33.3 Å². The Balaban J connectivity index is 2.67. The molecule has 0 aliphatic carbocycles. The molecule has 0 aliphatic heterocycles. The molecular weight excluding hydrogens is 210 g/mol. The molecule has 0 bridgehead atoms. The van der Waals surface area contributed by atoms with E-state index >= 15 is 0 Å². The van der Waals surface area contributed by atoms with E-state index in [0.717, 1.165) is 4.47 Å². The Labute approximate surface area is 72.7 Å². The third kappa shape index (κ3) is 2.25. The lowest BCUT2D eigenvalue weighted by Crippen LogP contribution is -1.91. The van der Waals surface area contributed by atoms with Crippen LogP contribution < -0.4 is 5.73 Å². The predicted molar refractivity (Wildman–Crippen MR) is 50.1 cm³/mol. The van der Waals surface area contributed by atoms with Gasteiger partial charge in [-0.2, -0.15) is 0 Å². The van der Waals surface area contributed by atoms with Crippen molar-refractivity contribution in [3.05, 3.63) is 26.9 Å². The summed E-state index contributed by atoms with van der Waals surface area (Å²) < 4.78 is 1.13. The number of nitrogens with two attached hydrogens (primary N) is 1. The Morgan fingerprint density at radius 3 is 3.00 bits per heavy atom. The molecule has 0 saturated carbocycles. The standard InChI is InChI=1S/C7H8BrNS/c8-6-4-7(10-5-6)2-1-3-9/h1-2,4-5H,3,9H2. The quantitative estimate of drug-likeness (QED) is 0.810. The first-order valence-electron chi connectivity index (χ1n) is 2.93. The molecule has 0 atom stereocenters. The molecule has 1 heterocycles. The minimum Gasteiger partial charge on any atom is -0.327 e. The Hall–Kier alpha value is -0.120. The van der Waals surface area contributed by atoms with Crippen molar-refractivity contribution < 1.29 is 0 Å². The minimum atomic E-state index is 0.607. The number of rotatable bonds is 2. The van der Waals surface area contributed by atoms with E-state index in [4.69, 9.17) is 5.73 Å². The molecule has 0 radical (unpaired) electrons. The van der Waals surface area contributed by atoms with Gasteiger partial charge in [0.1, 0.15) is 0 Å². The van der Waals surface area contributed by atoms with Gasteiger partial charge in [0, 0.05) is 21.3 Å². The van der Waals surface area contributed by atoms with E-state index in [1.165, 1.54) is 4.88 Å². The van der Waals surface area contributed by atoms with Crippen molar-refractivity contribution in [2.24, 2.45) is 5.73 Å². The van der Waals surface area contributed by atoms with Crippen molar-refractivity contribution in [1.82, 2.24) is 0 Å². The molecule has 0 fully saturated rings. The van der Waals surface area contributed by atoms with Gasteiger partial charge in [-0.15, -0.1) is 11.3 Å². The maximum Gasteiger partial charge on any atom is 0.0288 e. The molecule has 3 heteroatoms. The van der Waals surface area contributed by atoms with Crippen LogP contribution in [0.15, 0.2) is 22.0 Å². The van der Waals surface area contributed by atoms with Crippen molar-refractivity contribution in [3.63, 3.8) is 0 Å². The fourth-order valence-electron chi connectivity index (χ4n) is 0.600. The molecule has 0 amide bonds. The molecule has 2 N–H and O–H groups in total. The first-order chi connectivity index (χ1) is 4.83.